The Hall–Kier alpha value is -2.97. The van der Waals surface area contributed by atoms with Gasteiger partial charge in [0.25, 0.3) is 0 Å². The van der Waals surface area contributed by atoms with Gasteiger partial charge >= 0.3 is 0 Å². The zero-order valence-corrected chi connectivity index (χ0v) is 18.3. The average Bonchev–Trinajstić information content (AvgIpc) is 3.22. The third-order valence-electron chi connectivity index (χ3n) is 5.52. The Morgan fingerprint density at radius 2 is 1.90 bits per heavy atom. The van der Waals surface area contributed by atoms with Gasteiger partial charge in [-0.05, 0) is 31.5 Å². The first-order valence-corrected chi connectivity index (χ1v) is 10.9. The molecule has 1 unspecified atom stereocenters. The summed E-state index contributed by atoms with van der Waals surface area (Å²) in [4.78, 5) is 7.24. The molecule has 2 N–H and O–H groups in total. The van der Waals surface area contributed by atoms with Gasteiger partial charge in [0, 0.05) is 32.4 Å². The average molecular weight is 422 g/mol. The molecule has 8 nitrogen and oxygen atoms in total. The summed E-state index contributed by atoms with van der Waals surface area (Å²) in [6.07, 6.45) is 1.96. The summed E-state index contributed by atoms with van der Waals surface area (Å²) in [6, 6.07) is 14.9. The Morgan fingerprint density at radius 1 is 1.10 bits per heavy atom. The van der Waals surface area contributed by atoms with Crippen LogP contribution in [0.2, 0.25) is 0 Å². The molecule has 3 aromatic rings. The number of aromatic nitrogens is 3. The van der Waals surface area contributed by atoms with Crippen molar-refractivity contribution in [3.05, 3.63) is 65.6 Å². The Labute approximate surface area is 183 Å². The first-order chi connectivity index (χ1) is 15.2. The van der Waals surface area contributed by atoms with E-state index in [1.165, 1.54) is 11.1 Å². The highest BCUT2D eigenvalue weighted by molar-refractivity contribution is 5.79. The van der Waals surface area contributed by atoms with Gasteiger partial charge in [0.2, 0.25) is 0 Å². The highest BCUT2D eigenvalue weighted by Gasteiger charge is 2.23. The summed E-state index contributed by atoms with van der Waals surface area (Å²) in [5.41, 5.74) is 3.41. The molecule has 0 bridgehead atoms. The Kier molecular flexibility index (Phi) is 7.11. The topological polar surface area (TPSA) is 79.1 Å². The van der Waals surface area contributed by atoms with Crippen LogP contribution in [0.5, 0.6) is 0 Å². The number of ether oxygens (including phenoxy) is 1. The smallest absolute Gasteiger partial charge is 0.191 e. The summed E-state index contributed by atoms with van der Waals surface area (Å²) in [7, 11) is 0. The fraction of sp³-hybridized carbons (Fsp3) is 0.435. The molecule has 1 atom stereocenters. The number of morpholine rings is 1. The lowest BCUT2D eigenvalue weighted by Crippen LogP contribution is -2.46. The molecule has 164 valence electrons. The summed E-state index contributed by atoms with van der Waals surface area (Å²) in [5, 5.41) is 15.4. The van der Waals surface area contributed by atoms with Crippen molar-refractivity contribution >= 4 is 11.6 Å². The Balaban J connectivity index is 1.48. The molecule has 8 heteroatoms. The van der Waals surface area contributed by atoms with Crippen LogP contribution in [-0.2, 0) is 11.3 Å². The molecule has 3 heterocycles. The third kappa shape index (κ3) is 5.39. The Morgan fingerprint density at radius 3 is 2.68 bits per heavy atom. The predicted molar refractivity (Wildman–Crippen MR) is 122 cm³/mol. The monoisotopic (exact) mass is 421 g/mol. The van der Waals surface area contributed by atoms with Gasteiger partial charge in [0.05, 0.1) is 19.3 Å². The van der Waals surface area contributed by atoms with Crippen molar-refractivity contribution in [2.75, 3.05) is 39.4 Å². The minimum Gasteiger partial charge on any atom is -0.379 e. The minimum absolute atomic E-state index is 0.252. The molecule has 2 aromatic heterocycles. The van der Waals surface area contributed by atoms with Crippen molar-refractivity contribution in [1.82, 2.24) is 30.1 Å². The van der Waals surface area contributed by atoms with Crippen molar-refractivity contribution in [2.45, 2.75) is 26.4 Å². The molecular weight excluding hydrogens is 390 g/mol. The van der Waals surface area contributed by atoms with Crippen LogP contribution in [0.25, 0.3) is 5.65 Å². The van der Waals surface area contributed by atoms with Crippen molar-refractivity contribution in [2.24, 2.45) is 4.99 Å². The van der Waals surface area contributed by atoms with Crippen LogP contribution >= 0.6 is 0 Å². The summed E-state index contributed by atoms with van der Waals surface area (Å²) < 4.78 is 7.54. The van der Waals surface area contributed by atoms with E-state index in [0.717, 1.165) is 56.8 Å². The van der Waals surface area contributed by atoms with Crippen LogP contribution in [-0.4, -0.2) is 64.9 Å². The second-order valence-corrected chi connectivity index (χ2v) is 7.70. The molecule has 0 amide bonds. The Bertz CT molecular complexity index is 993. The van der Waals surface area contributed by atoms with Gasteiger partial charge in [-0.15, -0.1) is 10.2 Å². The lowest BCUT2D eigenvalue weighted by atomic mass is 10.0. The van der Waals surface area contributed by atoms with E-state index in [2.05, 4.69) is 63.8 Å². The zero-order chi connectivity index (χ0) is 21.5. The number of aliphatic imine (C=N–C) groups is 1. The molecule has 1 aliphatic heterocycles. The van der Waals surface area contributed by atoms with E-state index in [0.29, 0.717) is 6.54 Å². The van der Waals surface area contributed by atoms with Crippen molar-refractivity contribution in [3.8, 4) is 0 Å². The zero-order valence-electron chi connectivity index (χ0n) is 18.3. The summed E-state index contributed by atoms with van der Waals surface area (Å²) in [5.74, 6) is 1.59. The number of hydrogen-bond acceptors (Lipinski definition) is 5. The van der Waals surface area contributed by atoms with Crippen LogP contribution in [0.3, 0.4) is 0 Å². The van der Waals surface area contributed by atoms with E-state index in [1.807, 2.05) is 28.8 Å². The van der Waals surface area contributed by atoms with Crippen molar-refractivity contribution in [3.63, 3.8) is 0 Å². The first-order valence-electron chi connectivity index (χ1n) is 10.9. The first kappa shape index (κ1) is 21.3. The number of nitrogens with zero attached hydrogens (tertiary/aromatic N) is 5. The number of nitrogens with one attached hydrogen (secondary N) is 2. The number of guanidine groups is 1. The molecule has 31 heavy (non-hydrogen) atoms. The number of pyridine rings is 1. The molecule has 0 saturated carbocycles. The summed E-state index contributed by atoms with van der Waals surface area (Å²) >= 11 is 0. The largest absolute Gasteiger partial charge is 0.379 e. The molecule has 0 spiro atoms. The lowest BCUT2D eigenvalue weighted by Gasteiger charge is -2.35. The molecule has 1 aromatic carbocycles. The fourth-order valence-corrected chi connectivity index (χ4v) is 3.82. The van der Waals surface area contributed by atoms with Crippen molar-refractivity contribution in [1.29, 1.82) is 0 Å². The van der Waals surface area contributed by atoms with Crippen LogP contribution in [0.4, 0.5) is 0 Å². The quantitative estimate of drug-likeness (QED) is 0.450. The van der Waals surface area contributed by atoms with Gasteiger partial charge in [0.1, 0.15) is 6.54 Å². The SMILES string of the molecule is CCNC(=NCc1nnc2ccccn12)NCC(c1ccc(C)cc1)N1CCOCC1. The fourth-order valence-electron chi connectivity index (χ4n) is 3.82. The van der Waals surface area contributed by atoms with E-state index < -0.39 is 0 Å². The molecule has 1 saturated heterocycles. The van der Waals surface area contributed by atoms with E-state index in [9.17, 15) is 0 Å². The van der Waals surface area contributed by atoms with E-state index in [1.54, 1.807) is 0 Å². The number of fused-ring (bicyclic) bond motifs is 1. The van der Waals surface area contributed by atoms with Gasteiger partial charge in [0.15, 0.2) is 17.4 Å². The standard InChI is InChI=1S/C23H31N7O/c1-3-24-23(26-17-22-28-27-21-6-4-5-11-30(21)22)25-16-20(29-12-14-31-15-13-29)19-9-7-18(2)8-10-19/h4-11,20H,3,12-17H2,1-2H3,(H2,24,25,26). The lowest BCUT2D eigenvalue weighted by molar-refractivity contribution is 0.0170. The van der Waals surface area contributed by atoms with Gasteiger partial charge in [-0.2, -0.15) is 0 Å². The van der Waals surface area contributed by atoms with E-state index in [-0.39, 0.29) is 6.04 Å². The van der Waals surface area contributed by atoms with Crippen LogP contribution in [0.1, 0.15) is 29.9 Å². The van der Waals surface area contributed by atoms with E-state index >= 15 is 0 Å². The van der Waals surface area contributed by atoms with Crippen LogP contribution < -0.4 is 10.6 Å². The summed E-state index contributed by atoms with van der Waals surface area (Å²) in [6.45, 7) is 9.60. The normalized spacial score (nSPS) is 16.4. The number of benzene rings is 1. The van der Waals surface area contributed by atoms with Crippen LogP contribution in [0, 0.1) is 6.92 Å². The van der Waals surface area contributed by atoms with Gasteiger partial charge < -0.3 is 15.4 Å². The molecule has 4 rings (SSSR count). The highest BCUT2D eigenvalue weighted by atomic mass is 16.5. The third-order valence-corrected chi connectivity index (χ3v) is 5.52. The maximum absolute atomic E-state index is 5.57. The molecule has 0 radical (unpaired) electrons. The molecule has 1 fully saturated rings. The molecule has 0 aliphatic carbocycles. The second kappa shape index (κ2) is 10.4. The second-order valence-electron chi connectivity index (χ2n) is 7.70. The number of hydrogen-bond donors (Lipinski definition) is 2. The van der Waals surface area contributed by atoms with Crippen LogP contribution in [0.15, 0.2) is 53.7 Å². The van der Waals surface area contributed by atoms with E-state index in [4.69, 9.17) is 9.73 Å². The van der Waals surface area contributed by atoms with Crippen molar-refractivity contribution < 1.29 is 4.74 Å². The molecule has 1 aliphatic rings. The maximum atomic E-state index is 5.57. The number of aryl methyl sites for hydroxylation is 1. The van der Waals surface area contributed by atoms with Gasteiger partial charge in [-0.25, -0.2) is 4.99 Å². The van der Waals surface area contributed by atoms with Gasteiger partial charge in [-0.1, -0.05) is 35.9 Å². The number of rotatable bonds is 7. The predicted octanol–water partition coefficient (Wildman–Crippen LogP) is 2.17. The maximum Gasteiger partial charge on any atom is 0.191 e. The van der Waals surface area contributed by atoms with Gasteiger partial charge in [-0.3, -0.25) is 9.30 Å². The highest BCUT2D eigenvalue weighted by Crippen LogP contribution is 2.21. The minimum atomic E-state index is 0.252. The molecular formula is C23H31N7O.